The van der Waals surface area contributed by atoms with E-state index in [2.05, 4.69) is 0 Å². The number of amides is 1. The van der Waals surface area contributed by atoms with Crippen molar-refractivity contribution in [1.29, 1.82) is 0 Å². The monoisotopic (exact) mass is 477 g/mol. The van der Waals surface area contributed by atoms with Crippen molar-refractivity contribution in [3.63, 3.8) is 0 Å². The molecule has 0 aromatic heterocycles. The first-order valence-electron chi connectivity index (χ1n) is 9.61. The summed E-state index contributed by atoms with van der Waals surface area (Å²) in [6.45, 7) is 2.44. The normalized spacial score (nSPS) is 21.0. The standard InChI is InChI=1S/C23H21Cl2NO4S/c1-5-26-15-12-16(28-2)20(29-3)21(30-4)18(15)23(22(26)27)11-10-17(31-23)19(25)13-6-8-14(24)9-7-13/h6-12H,5H2,1-4H3/b19-17+. The Bertz CT molecular complexity index is 1110. The number of likely N-dealkylation sites (N-methyl/N-ethyl adjacent to an activating group) is 1. The molecule has 0 fully saturated rings. The number of hydrogen-bond donors (Lipinski definition) is 0. The van der Waals surface area contributed by atoms with E-state index < -0.39 is 4.75 Å². The molecule has 162 valence electrons. The van der Waals surface area contributed by atoms with Crippen LogP contribution in [0.3, 0.4) is 0 Å². The van der Waals surface area contributed by atoms with Gasteiger partial charge in [-0.2, -0.15) is 0 Å². The van der Waals surface area contributed by atoms with Crippen LogP contribution in [0.5, 0.6) is 17.2 Å². The summed E-state index contributed by atoms with van der Waals surface area (Å²) in [6, 6.07) is 9.11. The quantitative estimate of drug-likeness (QED) is 0.541. The van der Waals surface area contributed by atoms with Gasteiger partial charge in [-0.25, -0.2) is 0 Å². The fourth-order valence-electron chi connectivity index (χ4n) is 3.99. The maximum atomic E-state index is 13.7. The molecule has 1 amide bonds. The highest BCUT2D eigenvalue weighted by Gasteiger charge is 2.55. The number of fused-ring (bicyclic) bond motifs is 2. The zero-order valence-electron chi connectivity index (χ0n) is 17.5. The van der Waals surface area contributed by atoms with Gasteiger partial charge in [0, 0.05) is 22.5 Å². The van der Waals surface area contributed by atoms with Crippen molar-refractivity contribution in [3.05, 3.63) is 63.5 Å². The molecule has 2 aliphatic rings. The van der Waals surface area contributed by atoms with E-state index in [1.807, 2.05) is 37.3 Å². The van der Waals surface area contributed by atoms with Gasteiger partial charge in [0.15, 0.2) is 11.5 Å². The van der Waals surface area contributed by atoms with E-state index in [4.69, 9.17) is 37.4 Å². The van der Waals surface area contributed by atoms with Gasteiger partial charge in [0.2, 0.25) is 5.75 Å². The first-order chi connectivity index (χ1) is 14.9. The molecule has 0 saturated heterocycles. The van der Waals surface area contributed by atoms with Crippen molar-refractivity contribution in [1.82, 2.24) is 0 Å². The lowest BCUT2D eigenvalue weighted by atomic mass is 9.97. The minimum atomic E-state index is -1.00. The number of rotatable bonds is 5. The van der Waals surface area contributed by atoms with Crippen LogP contribution in [-0.2, 0) is 9.54 Å². The Morgan fingerprint density at radius 1 is 1.10 bits per heavy atom. The topological polar surface area (TPSA) is 48.0 Å². The Morgan fingerprint density at radius 3 is 2.35 bits per heavy atom. The van der Waals surface area contributed by atoms with Crippen molar-refractivity contribution in [2.45, 2.75) is 11.7 Å². The van der Waals surface area contributed by atoms with Gasteiger partial charge in [-0.05, 0) is 30.7 Å². The Kier molecular flexibility index (Phi) is 5.90. The molecule has 0 aliphatic carbocycles. The van der Waals surface area contributed by atoms with Crippen LogP contribution in [0.2, 0.25) is 5.02 Å². The first kappa shape index (κ1) is 21.9. The van der Waals surface area contributed by atoms with Gasteiger partial charge < -0.3 is 19.1 Å². The molecule has 0 saturated carbocycles. The van der Waals surface area contributed by atoms with Crippen LogP contribution in [0.1, 0.15) is 18.1 Å². The van der Waals surface area contributed by atoms with Crippen LogP contribution in [0, 0.1) is 0 Å². The Hall–Kier alpha value is -2.28. The van der Waals surface area contributed by atoms with E-state index in [9.17, 15) is 4.79 Å². The third kappa shape index (κ3) is 3.28. The molecular weight excluding hydrogens is 457 g/mol. The first-order valence-corrected chi connectivity index (χ1v) is 11.2. The highest BCUT2D eigenvalue weighted by atomic mass is 35.5. The van der Waals surface area contributed by atoms with Crippen molar-refractivity contribution in [2.75, 3.05) is 32.8 Å². The van der Waals surface area contributed by atoms with Gasteiger partial charge in [0.05, 0.1) is 37.6 Å². The SMILES string of the molecule is CCN1C(=O)C2(C=C/C(=C(\Cl)c3ccc(Cl)cc3)S2)c2c1cc(OC)c(OC)c2OC. The fraction of sp³-hybridized carbons (Fsp3) is 0.261. The lowest BCUT2D eigenvalue weighted by Gasteiger charge is -2.23. The predicted molar refractivity (Wildman–Crippen MR) is 127 cm³/mol. The summed E-state index contributed by atoms with van der Waals surface area (Å²) in [5, 5.41) is 1.19. The number of carbonyl (C=O) groups excluding carboxylic acids is 1. The molecule has 31 heavy (non-hydrogen) atoms. The van der Waals surface area contributed by atoms with Crippen molar-refractivity contribution in [2.24, 2.45) is 0 Å². The van der Waals surface area contributed by atoms with E-state index in [1.165, 1.54) is 11.8 Å². The summed E-state index contributed by atoms with van der Waals surface area (Å²) in [4.78, 5) is 16.2. The summed E-state index contributed by atoms with van der Waals surface area (Å²) in [5.74, 6) is 1.37. The molecule has 2 aromatic rings. The third-order valence-electron chi connectivity index (χ3n) is 5.40. The molecule has 0 N–H and O–H groups in total. The molecule has 0 bridgehead atoms. The maximum absolute atomic E-state index is 13.7. The predicted octanol–water partition coefficient (Wildman–Crippen LogP) is 5.84. The minimum Gasteiger partial charge on any atom is -0.493 e. The molecule has 8 heteroatoms. The summed E-state index contributed by atoms with van der Waals surface area (Å²) >= 11 is 14.1. The molecule has 2 aromatic carbocycles. The maximum Gasteiger partial charge on any atom is 0.252 e. The smallest absolute Gasteiger partial charge is 0.252 e. The summed E-state index contributed by atoms with van der Waals surface area (Å²) < 4.78 is 15.8. The van der Waals surface area contributed by atoms with Crippen LogP contribution in [0.25, 0.3) is 5.03 Å². The minimum absolute atomic E-state index is 0.0598. The zero-order valence-corrected chi connectivity index (χ0v) is 19.8. The van der Waals surface area contributed by atoms with Gasteiger partial charge in [-0.1, -0.05) is 53.2 Å². The van der Waals surface area contributed by atoms with Crippen LogP contribution < -0.4 is 19.1 Å². The second-order valence-electron chi connectivity index (χ2n) is 6.95. The second kappa shape index (κ2) is 8.34. The fourth-order valence-corrected chi connectivity index (χ4v) is 5.74. The summed E-state index contributed by atoms with van der Waals surface area (Å²) in [7, 11) is 4.67. The molecule has 1 atom stereocenters. The van der Waals surface area contributed by atoms with Crippen molar-refractivity contribution < 1.29 is 19.0 Å². The average Bonchev–Trinajstić information content (AvgIpc) is 3.33. The van der Waals surface area contributed by atoms with Gasteiger partial charge in [-0.15, -0.1) is 0 Å². The lowest BCUT2D eigenvalue weighted by Crippen LogP contribution is -2.35. The van der Waals surface area contributed by atoms with E-state index in [1.54, 1.807) is 38.4 Å². The number of hydrogen-bond acceptors (Lipinski definition) is 5. The molecule has 2 aliphatic heterocycles. The van der Waals surface area contributed by atoms with Crippen molar-refractivity contribution in [3.8, 4) is 17.2 Å². The number of carbonyl (C=O) groups is 1. The Labute approximate surface area is 195 Å². The molecule has 0 radical (unpaired) electrons. The number of halogens is 2. The molecule has 5 nitrogen and oxygen atoms in total. The van der Waals surface area contributed by atoms with Crippen LogP contribution in [0.15, 0.2) is 47.4 Å². The number of methoxy groups -OCH3 is 3. The van der Waals surface area contributed by atoms with Crippen LogP contribution >= 0.6 is 35.0 Å². The molecule has 1 spiro atoms. The third-order valence-corrected chi connectivity index (χ3v) is 7.59. The van der Waals surface area contributed by atoms with Crippen LogP contribution in [0.4, 0.5) is 5.69 Å². The number of thioether (sulfide) groups is 1. The highest BCUT2D eigenvalue weighted by molar-refractivity contribution is 8.05. The second-order valence-corrected chi connectivity index (χ2v) is 9.05. The Morgan fingerprint density at radius 2 is 1.77 bits per heavy atom. The number of anilines is 1. The number of allylic oxidation sites excluding steroid dienone is 1. The van der Waals surface area contributed by atoms with Gasteiger partial charge in [0.25, 0.3) is 5.91 Å². The largest absolute Gasteiger partial charge is 0.493 e. The number of benzene rings is 2. The molecule has 2 heterocycles. The van der Waals surface area contributed by atoms with Crippen molar-refractivity contribution >= 4 is 51.6 Å². The van der Waals surface area contributed by atoms with Gasteiger partial charge >= 0.3 is 0 Å². The van der Waals surface area contributed by atoms with Gasteiger partial charge in [0.1, 0.15) is 4.75 Å². The van der Waals surface area contributed by atoms with Gasteiger partial charge in [-0.3, -0.25) is 4.79 Å². The Balaban J connectivity index is 1.90. The van der Waals surface area contributed by atoms with E-state index >= 15 is 0 Å². The molecule has 4 rings (SSSR count). The molecule has 1 unspecified atom stereocenters. The summed E-state index contributed by atoms with van der Waals surface area (Å²) in [5.41, 5.74) is 2.30. The van der Waals surface area contributed by atoms with E-state index in [0.29, 0.717) is 33.8 Å². The van der Waals surface area contributed by atoms with E-state index in [0.717, 1.165) is 21.7 Å². The van der Waals surface area contributed by atoms with Crippen LogP contribution in [-0.4, -0.2) is 33.8 Å². The zero-order chi connectivity index (χ0) is 22.3. The number of ether oxygens (including phenoxy) is 3. The molecular formula is C23H21Cl2NO4S. The lowest BCUT2D eigenvalue weighted by molar-refractivity contribution is -0.119. The number of nitrogens with zero attached hydrogens (tertiary/aromatic N) is 1. The van der Waals surface area contributed by atoms with E-state index in [-0.39, 0.29) is 5.91 Å². The highest BCUT2D eigenvalue weighted by Crippen LogP contribution is 2.62. The summed E-state index contributed by atoms with van der Waals surface area (Å²) in [6.07, 6.45) is 3.77. The average molecular weight is 478 g/mol.